The minimum absolute atomic E-state index is 0.0981. The molecule has 6 nitrogen and oxygen atoms in total. The molecule has 0 saturated carbocycles. The molecule has 0 bridgehead atoms. The van der Waals surface area contributed by atoms with Crippen LogP contribution in [0.2, 0.25) is 0 Å². The molecule has 0 heterocycles. The van der Waals surface area contributed by atoms with E-state index in [1.807, 2.05) is 37.3 Å². The first-order valence-corrected chi connectivity index (χ1v) is 10.5. The molecule has 0 aliphatic rings. The predicted octanol–water partition coefficient (Wildman–Crippen LogP) is 3.02. The van der Waals surface area contributed by atoms with Gasteiger partial charge in [-0.15, -0.1) is 0 Å². The van der Waals surface area contributed by atoms with Crippen molar-refractivity contribution in [3.05, 3.63) is 60.2 Å². The summed E-state index contributed by atoms with van der Waals surface area (Å²) in [6.45, 7) is 4.37. The van der Waals surface area contributed by atoms with Crippen LogP contribution in [0.5, 0.6) is 5.75 Å². The first-order chi connectivity index (χ1) is 12.9. The predicted molar refractivity (Wildman–Crippen MR) is 105 cm³/mol. The molecule has 0 unspecified atom stereocenters. The Hall–Kier alpha value is -2.38. The maximum absolute atomic E-state index is 12.5. The average molecular weight is 391 g/mol. The van der Waals surface area contributed by atoms with Crippen LogP contribution < -0.4 is 14.8 Å². The molecule has 2 aromatic carbocycles. The molecule has 0 aliphatic carbocycles. The summed E-state index contributed by atoms with van der Waals surface area (Å²) in [5.41, 5.74) is 0.884. The van der Waals surface area contributed by atoms with Gasteiger partial charge >= 0.3 is 0 Å². The minimum atomic E-state index is -3.66. The van der Waals surface area contributed by atoms with E-state index in [9.17, 15) is 13.2 Å². The zero-order valence-electron chi connectivity index (χ0n) is 15.6. The quantitative estimate of drug-likeness (QED) is 0.611. The monoisotopic (exact) mass is 390 g/mol. The van der Waals surface area contributed by atoms with Crippen LogP contribution in [-0.2, 0) is 14.8 Å². The SMILES string of the molecule is CCCCNC(=O)COc1ccc(S(=O)(=O)N[C@@H](C)c2ccccc2)cc1. The van der Waals surface area contributed by atoms with E-state index in [1.54, 1.807) is 19.1 Å². The Morgan fingerprint density at radius 1 is 1.07 bits per heavy atom. The largest absolute Gasteiger partial charge is 0.484 e. The maximum atomic E-state index is 12.5. The number of hydrogen-bond acceptors (Lipinski definition) is 4. The normalized spacial score (nSPS) is 12.4. The number of hydrogen-bond donors (Lipinski definition) is 2. The van der Waals surface area contributed by atoms with Crippen molar-refractivity contribution in [3.8, 4) is 5.75 Å². The van der Waals surface area contributed by atoms with Gasteiger partial charge in [-0.3, -0.25) is 4.79 Å². The third-order valence-electron chi connectivity index (χ3n) is 3.99. The second-order valence-corrected chi connectivity index (χ2v) is 7.93. The second-order valence-electron chi connectivity index (χ2n) is 6.22. The molecular weight excluding hydrogens is 364 g/mol. The van der Waals surface area contributed by atoms with Gasteiger partial charge in [0.15, 0.2) is 6.61 Å². The fourth-order valence-corrected chi connectivity index (χ4v) is 3.66. The maximum Gasteiger partial charge on any atom is 0.257 e. The molecule has 7 heteroatoms. The van der Waals surface area contributed by atoms with E-state index in [4.69, 9.17) is 4.74 Å². The molecule has 0 aromatic heterocycles. The smallest absolute Gasteiger partial charge is 0.257 e. The molecular formula is C20H26N2O4S. The highest BCUT2D eigenvalue weighted by Crippen LogP contribution is 2.19. The number of sulfonamides is 1. The van der Waals surface area contributed by atoms with Gasteiger partial charge in [-0.05, 0) is 43.2 Å². The third-order valence-corrected chi connectivity index (χ3v) is 5.54. The Labute approximate surface area is 161 Å². The zero-order valence-corrected chi connectivity index (χ0v) is 16.5. The number of carbonyl (C=O) groups excluding carboxylic acids is 1. The van der Waals surface area contributed by atoms with Crippen LogP contribution in [0, 0.1) is 0 Å². The summed E-state index contributed by atoms with van der Waals surface area (Å²) >= 11 is 0. The van der Waals surface area contributed by atoms with Crippen LogP contribution in [0.4, 0.5) is 0 Å². The standard InChI is InChI=1S/C20H26N2O4S/c1-3-4-14-21-20(23)15-26-18-10-12-19(13-11-18)27(24,25)22-16(2)17-8-6-5-7-9-17/h5-13,16,22H,3-4,14-15H2,1-2H3,(H,21,23)/t16-/m0/s1. The lowest BCUT2D eigenvalue weighted by Crippen LogP contribution is -2.29. The van der Waals surface area contributed by atoms with E-state index >= 15 is 0 Å². The molecule has 1 atom stereocenters. The summed E-state index contributed by atoms with van der Waals surface area (Å²) < 4.78 is 33.1. The van der Waals surface area contributed by atoms with Gasteiger partial charge in [0, 0.05) is 12.6 Å². The Bertz CT molecular complexity index is 821. The molecule has 0 aliphatic heterocycles. The van der Waals surface area contributed by atoms with E-state index in [0.717, 1.165) is 18.4 Å². The van der Waals surface area contributed by atoms with E-state index in [-0.39, 0.29) is 23.5 Å². The van der Waals surface area contributed by atoms with Crippen LogP contribution >= 0.6 is 0 Å². The third kappa shape index (κ3) is 6.69. The summed E-state index contributed by atoms with van der Waals surface area (Å²) in [5, 5.41) is 2.76. The van der Waals surface area contributed by atoms with Crippen molar-refractivity contribution in [2.75, 3.05) is 13.2 Å². The summed E-state index contributed by atoms with van der Waals surface area (Å²) in [5.74, 6) is 0.245. The van der Waals surface area contributed by atoms with E-state index in [2.05, 4.69) is 10.0 Å². The molecule has 27 heavy (non-hydrogen) atoms. The lowest BCUT2D eigenvalue weighted by atomic mass is 10.1. The molecule has 1 amide bonds. The van der Waals surface area contributed by atoms with Crippen LogP contribution in [0.15, 0.2) is 59.5 Å². The molecule has 2 rings (SSSR count). The van der Waals surface area contributed by atoms with Gasteiger partial charge in [0.2, 0.25) is 10.0 Å². The number of ether oxygens (including phenoxy) is 1. The Morgan fingerprint density at radius 3 is 2.37 bits per heavy atom. The van der Waals surface area contributed by atoms with E-state index in [1.165, 1.54) is 12.1 Å². The minimum Gasteiger partial charge on any atom is -0.484 e. The topological polar surface area (TPSA) is 84.5 Å². The number of carbonyl (C=O) groups is 1. The fraction of sp³-hybridized carbons (Fsp3) is 0.350. The number of nitrogens with one attached hydrogen (secondary N) is 2. The lowest BCUT2D eigenvalue weighted by Gasteiger charge is -2.15. The van der Waals surface area contributed by atoms with Gasteiger partial charge in [0.25, 0.3) is 5.91 Å². The van der Waals surface area contributed by atoms with E-state index in [0.29, 0.717) is 12.3 Å². The zero-order chi connectivity index (χ0) is 19.7. The first kappa shape index (κ1) is 20.9. The molecule has 0 fully saturated rings. The van der Waals surface area contributed by atoms with Crippen molar-refractivity contribution in [1.82, 2.24) is 10.0 Å². The van der Waals surface area contributed by atoms with Gasteiger partial charge in [0.05, 0.1) is 4.90 Å². The van der Waals surface area contributed by atoms with Gasteiger partial charge in [-0.2, -0.15) is 0 Å². The summed E-state index contributed by atoms with van der Waals surface area (Å²) in [4.78, 5) is 11.8. The van der Waals surface area contributed by atoms with Crippen molar-refractivity contribution in [2.24, 2.45) is 0 Å². The highest BCUT2D eigenvalue weighted by Gasteiger charge is 2.18. The van der Waals surface area contributed by atoms with E-state index < -0.39 is 10.0 Å². The molecule has 2 aromatic rings. The number of benzene rings is 2. The summed E-state index contributed by atoms with van der Waals surface area (Å²) in [7, 11) is -3.66. The first-order valence-electron chi connectivity index (χ1n) is 8.99. The van der Waals surface area contributed by atoms with Crippen molar-refractivity contribution in [3.63, 3.8) is 0 Å². The highest BCUT2D eigenvalue weighted by atomic mass is 32.2. The molecule has 0 spiro atoms. The fourth-order valence-electron chi connectivity index (χ4n) is 2.43. The molecule has 0 radical (unpaired) electrons. The molecule has 0 saturated heterocycles. The summed E-state index contributed by atoms with van der Waals surface area (Å²) in [6.07, 6.45) is 1.93. The van der Waals surface area contributed by atoms with Crippen LogP contribution in [0.1, 0.15) is 38.3 Å². The van der Waals surface area contributed by atoms with Crippen molar-refractivity contribution in [1.29, 1.82) is 0 Å². The Balaban J connectivity index is 1.92. The Kier molecular flexibility index (Phi) is 7.82. The lowest BCUT2D eigenvalue weighted by molar-refractivity contribution is -0.123. The summed E-state index contributed by atoms with van der Waals surface area (Å²) in [6, 6.07) is 15.0. The molecule has 2 N–H and O–H groups in total. The molecule has 146 valence electrons. The highest BCUT2D eigenvalue weighted by molar-refractivity contribution is 7.89. The van der Waals surface area contributed by atoms with Gasteiger partial charge < -0.3 is 10.1 Å². The number of unbranched alkanes of at least 4 members (excludes halogenated alkanes) is 1. The van der Waals surface area contributed by atoms with Gasteiger partial charge in [-0.1, -0.05) is 43.7 Å². The van der Waals surface area contributed by atoms with Gasteiger partial charge in [-0.25, -0.2) is 13.1 Å². The van der Waals surface area contributed by atoms with Gasteiger partial charge in [0.1, 0.15) is 5.75 Å². The second kappa shape index (κ2) is 10.1. The van der Waals surface area contributed by atoms with Crippen LogP contribution in [-0.4, -0.2) is 27.5 Å². The van der Waals surface area contributed by atoms with Crippen LogP contribution in [0.3, 0.4) is 0 Å². The number of rotatable bonds is 10. The average Bonchev–Trinajstić information content (AvgIpc) is 2.67. The van der Waals surface area contributed by atoms with Crippen LogP contribution in [0.25, 0.3) is 0 Å². The van der Waals surface area contributed by atoms with Crippen molar-refractivity contribution in [2.45, 2.75) is 37.6 Å². The Morgan fingerprint density at radius 2 is 1.74 bits per heavy atom. The van der Waals surface area contributed by atoms with Crippen molar-refractivity contribution >= 4 is 15.9 Å². The van der Waals surface area contributed by atoms with Crippen molar-refractivity contribution < 1.29 is 17.9 Å². The number of amides is 1.